The minimum atomic E-state index is -0.0268. The standard InChI is InChI=1S/C14H15ClN2O2/c1-9(2)17-8-12(7-16-17)19-14-5-4-11(10(3)18)6-13(14)15/h4-9H,1-3H3. The minimum absolute atomic E-state index is 0.0268. The van der Waals surface area contributed by atoms with Gasteiger partial charge in [0.2, 0.25) is 0 Å². The summed E-state index contributed by atoms with van der Waals surface area (Å²) in [5, 5.41) is 4.59. The molecule has 0 aliphatic rings. The Bertz CT molecular complexity index is 605. The number of ketones is 1. The first kappa shape index (κ1) is 13.6. The molecule has 0 unspecified atom stereocenters. The summed E-state index contributed by atoms with van der Waals surface area (Å²) in [5.41, 5.74) is 0.565. The number of hydrogen-bond acceptors (Lipinski definition) is 3. The molecule has 19 heavy (non-hydrogen) atoms. The van der Waals surface area contributed by atoms with Crippen molar-refractivity contribution >= 4 is 17.4 Å². The van der Waals surface area contributed by atoms with Crippen molar-refractivity contribution in [3.63, 3.8) is 0 Å². The van der Waals surface area contributed by atoms with E-state index >= 15 is 0 Å². The van der Waals surface area contributed by atoms with Gasteiger partial charge in [-0.1, -0.05) is 11.6 Å². The molecule has 1 aromatic carbocycles. The number of benzene rings is 1. The molecule has 0 bridgehead atoms. The Morgan fingerprint density at radius 1 is 1.42 bits per heavy atom. The molecular formula is C14H15ClN2O2. The molecule has 0 N–H and O–H groups in total. The second-order valence-corrected chi connectivity index (χ2v) is 4.96. The van der Waals surface area contributed by atoms with E-state index in [2.05, 4.69) is 5.10 Å². The van der Waals surface area contributed by atoms with Crippen molar-refractivity contribution in [1.29, 1.82) is 0 Å². The van der Waals surface area contributed by atoms with Crippen molar-refractivity contribution in [3.8, 4) is 11.5 Å². The van der Waals surface area contributed by atoms with Crippen molar-refractivity contribution in [2.45, 2.75) is 26.8 Å². The third-order valence-corrected chi connectivity index (χ3v) is 2.97. The average Bonchev–Trinajstić information content (AvgIpc) is 2.80. The predicted octanol–water partition coefficient (Wildman–Crippen LogP) is 4.11. The average molecular weight is 279 g/mol. The van der Waals surface area contributed by atoms with E-state index in [-0.39, 0.29) is 11.8 Å². The molecule has 5 heteroatoms. The van der Waals surface area contributed by atoms with E-state index in [1.165, 1.54) is 6.92 Å². The lowest BCUT2D eigenvalue weighted by Gasteiger charge is -2.06. The molecule has 0 fully saturated rings. The second kappa shape index (κ2) is 5.45. The van der Waals surface area contributed by atoms with Crippen LogP contribution < -0.4 is 4.74 Å². The van der Waals surface area contributed by atoms with Gasteiger partial charge >= 0.3 is 0 Å². The van der Waals surface area contributed by atoms with Crippen LogP contribution in [-0.4, -0.2) is 15.6 Å². The van der Waals surface area contributed by atoms with Crippen LogP contribution in [0, 0.1) is 0 Å². The van der Waals surface area contributed by atoms with Crippen LogP contribution in [0.1, 0.15) is 37.2 Å². The monoisotopic (exact) mass is 278 g/mol. The van der Waals surface area contributed by atoms with Crippen LogP contribution >= 0.6 is 11.6 Å². The zero-order valence-electron chi connectivity index (χ0n) is 11.1. The third kappa shape index (κ3) is 3.15. The van der Waals surface area contributed by atoms with E-state index < -0.39 is 0 Å². The highest BCUT2D eigenvalue weighted by atomic mass is 35.5. The summed E-state index contributed by atoms with van der Waals surface area (Å²) in [6.45, 7) is 5.57. The minimum Gasteiger partial charge on any atom is -0.452 e. The lowest BCUT2D eigenvalue weighted by Crippen LogP contribution is -1.99. The van der Waals surface area contributed by atoms with Gasteiger partial charge in [-0.2, -0.15) is 5.10 Å². The molecular weight excluding hydrogens is 264 g/mol. The number of hydrogen-bond donors (Lipinski definition) is 0. The van der Waals surface area contributed by atoms with E-state index in [4.69, 9.17) is 16.3 Å². The largest absolute Gasteiger partial charge is 0.452 e. The first-order valence-electron chi connectivity index (χ1n) is 6.00. The van der Waals surface area contributed by atoms with Gasteiger partial charge in [-0.15, -0.1) is 0 Å². The zero-order chi connectivity index (χ0) is 14.0. The Morgan fingerprint density at radius 3 is 2.68 bits per heavy atom. The van der Waals surface area contributed by atoms with Crippen molar-refractivity contribution in [2.24, 2.45) is 0 Å². The molecule has 1 heterocycles. The Balaban J connectivity index is 2.20. The van der Waals surface area contributed by atoms with Crippen LogP contribution in [0.4, 0.5) is 0 Å². The highest BCUT2D eigenvalue weighted by molar-refractivity contribution is 6.32. The zero-order valence-corrected chi connectivity index (χ0v) is 11.8. The molecule has 0 spiro atoms. The molecule has 0 radical (unpaired) electrons. The van der Waals surface area contributed by atoms with Crippen molar-refractivity contribution < 1.29 is 9.53 Å². The molecule has 100 valence electrons. The van der Waals surface area contributed by atoms with E-state index in [0.717, 1.165) is 0 Å². The van der Waals surface area contributed by atoms with Gasteiger partial charge in [-0.3, -0.25) is 9.48 Å². The Kier molecular flexibility index (Phi) is 3.90. The lowest BCUT2D eigenvalue weighted by molar-refractivity contribution is 0.101. The number of rotatable bonds is 4. The van der Waals surface area contributed by atoms with Crippen LogP contribution in [0.15, 0.2) is 30.6 Å². The van der Waals surface area contributed by atoms with Crippen molar-refractivity contribution in [3.05, 3.63) is 41.2 Å². The topological polar surface area (TPSA) is 44.1 Å². The highest BCUT2D eigenvalue weighted by Crippen LogP contribution is 2.30. The molecule has 0 aliphatic carbocycles. The maximum atomic E-state index is 11.2. The van der Waals surface area contributed by atoms with E-state index in [0.29, 0.717) is 22.1 Å². The molecule has 0 atom stereocenters. The highest BCUT2D eigenvalue weighted by Gasteiger charge is 2.09. The van der Waals surface area contributed by atoms with Crippen LogP contribution in [0.3, 0.4) is 0 Å². The van der Waals surface area contributed by atoms with Gasteiger partial charge in [0.05, 0.1) is 17.4 Å². The number of ether oxygens (including phenoxy) is 1. The normalized spacial score (nSPS) is 10.8. The fourth-order valence-corrected chi connectivity index (χ4v) is 1.80. The van der Waals surface area contributed by atoms with Crippen LogP contribution in [0.5, 0.6) is 11.5 Å². The van der Waals surface area contributed by atoms with Crippen LogP contribution in [-0.2, 0) is 0 Å². The third-order valence-electron chi connectivity index (χ3n) is 2.67. The fraction of sp³-hybridized carbons (Fsp3) is 0.286. The Labute approximate surface area is 116 Å². The maximum Gasteiger partial charge on any atom is 0.165 e. The van der Waals surface area contributed by atoms with Gasteiger partial charge in [0, 0.05) is 11.6 Å². The Hall–Kier alpha value is -1.81. The summed E-state index contributed by atoms with van der Waals surface area (Å²) >= 11 is 6.09. The number of carbonyl (C=O) groups is 1. The predicted molar refractivity (Wildman–Crippen MR) is 74.1 cm³/mol. The number of Topliss-reactive ketones (excluding diaryl/α,β-unsaturated/α-hetero) is 1. The van der Waals surface area contributed by atoms with Crippen LogP contribution in [0.2, 0.25) is 5.02 Å². The van der Waals surface area contributed by atoms with E-state index in [1.807, 2.05) is 13.8 Å². The summed E-state index contributed by atoms with van der Waals surface area (Å²) in [7, 11) is 0. The molecule has 1 aromatic heterocycles. The van der Waals surface area contributed by atoms with E-state index in [9.17, 15) is 4.79 Å². The lowest BCUT2D eigenvalue weighted by atomic mass is 10.1. The Morgan fingerprint density at radius 2 is 2.16 bits per heavy atom. The van der Waals surface area contributed by atoms with Gasteiger partial charge in [0.25, 0.3) is 0 Å². The fourth-order valence-electron chi connectivity index (χ4n) is 1.59. The summed E-state index contributed by atoms with van der Waals surface area (Å²) in [6.07, 6.45) is 3.44. The molecule has 0 aliphatic heterocycles. The first-order valence-corrected chi connectivity index (χ1v) is 6.37. The molecule has 0 saturated heterocycles. The summed E-state index contributed by atoms with van der Waals surface area (Å²) in [4.78, 5) is 11.2. The number of aromatic nitrogens is 2. The van der Waals surface area contributed by atoms with Gasteiger partial charge in [0.15, 0.2) is 11.5 Å². The van der Waals surface area contributed by atoms with Gasteiger partial charge in [0.1, 0.15) is 5.75 Å². The quantitative estimate of drug-likeness (QED) is 0.791. The molecule has 2 aromatic rings. The summed E-state index contributed by atoms with van der Waals surface area (Å²) < 4.78 is 7.45. The molecule has 4 nitrogen and oxygen atoms in total. The summed E-state index contributed by atoms with van der Waals surface area (Å²) in [6, 6.07) is 5.25. The SMILES string of the molecule is CC(=O)c1ccc(Oc2cnn(C(C)C)c2)c(Cl)c1. The number of carbonyl (C=O) groups excluding carboxylic acids is 1. The molecule has 0 saturated carbocycles. The second-order valence-electron chi connectivity index (χ2n) is 4.55. The van der Waals surface area contributed by atoms with E-state index in [1.54, 1.807) is 35.3 Å². The number of nitrogens with zero attached hydrogens (tertiary/aromatic N) is 2. The summed E-state index contributed by atoms with van der Waals surface area (Å²) in [5.74, 6) is 1.10. The van der Waals surface area contributed by atoms with Crippen molar-refractivity contribution in [1.82, 2.24) is 9.78 Å². The number of halogens is 1. The van der Waals surface area contributed by atoms with Gasteiger partial charge < -0.3 is 4.74 Å². The van der Waals surface area contributed by atoms with Gasteiger partial charge in [-0.25, -0.2) is 0 Å². The smallest absolute Gasteiger partial charge is 0.165 e. The maximum absolute atomic E-state index is 11.2. The van der Waals surface area contributed by atoms with Crippen molar-refractivity contribution in [2.75, 3.05) is 0 Å². The first-order chi connectivity index (χ1) is 8.97. The van der Waals surface area contributed by atoms with Gasteiger partial charge in [-0.05, 0) is 39.0 Å². The molecule has 2 rings (SSSR count). The van der Waals surface area contributed by atoms with Crippen LogP contribution in [0.25, 0.3) is 0 Å². The molecule has 0 amide bonds.